The van der Waals surface area contributed by atoms with Gasteiger partial charge >= 0.3 is 0 Å². The minimum atomic E-state index is -3.49. The smallest absolute Gasteiger partial charge is 0.290 e. The SMILES string of the molecule is CN(C)Cc1ccc2c(c1)OCCC2NC(=O)CC(NS(C)(=O)=O)c1ccccc1.CS(=O)(=O)NC(CC(=O)NC1CCOc2cc(C=O)ccc21)c1ccccc1.O=CO.[AlH2].[C-]#[N+]c1ccc2c(c1)OCCC2NC(=O)CC(NS(C)(=O)=O)c1ccccc1.[Ni]. The van der Waals surface area contributed by atoms with Crippen LogP contribution in [0.4, 0.5) is 5.69 Å². The monoisotopic (exact) mass is 1370 g/mol. The number of rotatable bonds is 21. The van der Waals surface area contributed by atoms with Crippen molar-refractivity contribution in [1.82, 2.24) is 35.0 Å². The van der Waals surface area contributed by atoms with E-state index in [2.05, 4.69) is 39.9 Å². The molecule has 6 aromatic carbocycles. The molecule has 6 atom stereocenters. The molecule has 0 spiro atoms. The number of sulfonamides is 3. The van der Waals surface area contributed by atoms with Gasteiger partial charge < -0.3 is 40.2 Å². The zero-order valence-electron chi connectivity index (χ0n) is 51.1. The molecule has 6 aromatic rings. The van der Waals surface area contributed by atoms with Crippen molar-refractivity contribution in [2.75, 3.05) is 52.7 Å². The van der Waals surface area contributed by atoms with E-state index in [0.29, 0.717) is 67.4 Å². The van der Waals surface area contributed by atoms with E-state index in [1.165, 1.54) is 0 Å². The second-order valence-corrected chi connectivity index (χ2v) is 26.7. The van der Waals surface area contributed by atoms with E-state index in [0.717, 1.165) is 70.7 Å². The van der Waals surface area contributed by atoms with E-state index in [4.69, 9.17) is 30.7 Å². The molecule has 6 unspecified atom stereocenters. The molecule has 0 fully saturated rings. The molecule has 3 aliphatic rings. The van der Waals surface area contributed by atoms with Gasteiger partial charge in [0.2, 0.25) is 47.8 Å². The van der Waals surface area contributed by atoms with E-state index < -0.39 is 48.2 Å². The predicted molar refractivity (Wildman–Crippen MR) is 344 cm³/mol. The van der Waals surface area contributed by atoms with Gasteiger partial charge in [-0.25, -0.2) is 44.3 Å². The Morgan fingerprint density at radius 3 is 1.21 bits per heavy atom. The summed E-state index contributed by atoms with van der Waals surface area (Å²) in [4.78, 5) is 62.9. The molecular weight excluding hydrogens is 1290 g/mol. The van der Waals surface area contributed by atoms with Gasteiger partial charge in [0.1, 0.15) is 40.9 Å². The maximum Gasteiger partial charge on any atom is 0.290 e. The summed E-state index contributed by atoms with van der Waals surface area (Å²) in [6.07, 6.45) is 5.81. The molecule has 0 aromatic heterocycles. The molecule has 3 amide bonds. The van der Waals surface area contributed by atoms with E-state index in [9.17, 15) is 44.4 Å². The molecule has 0 aliphatic carbocycles. The first-order chi connectivity index (χ1) is 42.3. The topological polar surface area (TPSA) is 315 Å². The minimum Gasteiger partial charge on any atom is -0.494 e. The number of ether oxygens (including phenoxy) is 3. The number of fused-ring (bicyclic) bond motifs is 3. The molecule has 91 heavy (non-hydrogen) atoms. The Kier molecular flexibility index (Phi) is 30.5. The third-order valence-electron chi connectivity index (χ3n) is 13.8. The van der Waals surface area contributed by atoms with Crippen molar-refractivity contribution in [3.63, 3.8) is 0 Å². The van der Waals surface area contributed by atoms with E-state index in [1.807, 2.05) is 74.8 Å². The Balaban J connectivity index is 0.000000282. The van der Waals surface area contributed by atoms with Crippen LogP contribution in [-0.4, -0.2) is 136 Å². The van der Waals surface area contributed by atoms with Crippen LogP contribution in [0.3, 0.4) is 0 Å². The van der Waals surface area contributed by atoms with Crippen molar-refractivity contribution in [1.29, 1.82) is 0 Å². The molecule has 28 heteroatoms. The third kappa shape index (κ3) is 25.6. The van der Waals surface area contributed by atoms with Crippen LogP contribution in [0.2, 0.25) is 0 Å². The fourth-order valence-corrected chi connectivity index (χ4v) is 12.3. The summed E-state index contributed by atoms with van der Waals surface area (Å²) < 4.78 is 95.1. The zero-order valence-corrected chi connectivity index (χ0v) is 56.6. The van der Waals surface area contributed by atoms with Crippen molar-refractivity contribution in [3.05, 3.63) is 202 Å². The molecule has 1 radical (unpaired) electrons. The van der Waals surface area contributed by atoms with Gasteiger partial charge in [0, 0.05) is 83.8 Å². The minimum absolute atomic E-state index is 0. The zero-order chi connectivity index (χ0) is 64.7. The molecular formula is C63H76AlN8NiO15S3. The van der Waals surface area contributed by atoms with Gasteiger partial charge in [-0.05, 0) is 54.5 Å². The summed E-state index contributed by atoms with van der Waals surface area (Å²) in [5, 5.41) is 15.9. The molecule has 3 aliphatic heterocycles. The molecule has 9 rings (SSSR count). The Morgan fingerprint density at radius 2 is 0.879 bits per heavy atom. The number of benzene rings is 6. The number of carboxylic acid groups (broad SMARTS) is 1. The average molecular weight is 1370 g/mol. The van der Waals surface area contributed by atoms with Gasteiger partial charge in [-0.15, -0.1) is 0 Å². The Hall–Kier alpha value is -7.52. The van der Waals surface area contributed by atoms with E-state index in [-0.39, 0.29) is 95.4 Å². The quantitative estimate of drug-likeness (QED) is 0.0242. The summed E-state index contributed by atoms with van der Waals surface area (Å²) in [6.45, 7) is 9.03. The predicted octanol–water partition coefficient (Wildman–Crippen LogP) is 6.13. The summed E-state index contributed by atoms with van der Waals surface area (Å²) in [5.41, 5.74) is 6.88. The van der Waals surface area contributed by atoms with Gasteiger partial charge in [0.05, 0.1) is 81.4 Å². The molecule has 0 bridgehead atoms. The van der Waals surface area contributed by atoms with E-state index in [1.54, 1.807) is 84.9 Å². The number of hydrogen-bond donors (Lipinski definition) is 7. The van der Waals surface area contributed by atoms with Crippen LogP contribution in [0.15, 0.2) is 146 Å². The van der Waals surface area contributed by atoms with Gasteiger partial charge in [0.25, 0.3) is 6.47 Å². The largest absolute Gasteiger partial charge is 0.494 e. The van der Waals surface area contributed by atoms with Crippen molar-refractivity contribution in [2.45, 2.75) is 81.3 Å². The van der Waals surface area contributed by atoms with Gasteiger partial charge in [-0.2, -0.15) is 0 Å². The first-order valence-electron chi connectivity index (χ1n) is 28.1. The van der Waals surface area contributed by atoms with E-state index >= 15 is 0 Å². The van der Waals surface area contributed by atoms with Crippen LogP contribution >= 0.6 is 0 Å². The number of nitrogens with one attached hydrogen (secondary N) is 6. The molecule has 7 N–H and O–H groups in total. The number of aldehydes is 1. The number of carbonyl (C=O) groups excluding carboxylic acids is 4. The van der Waals surface area contributed by atoms with Crippen LogP contribution in [0, 0.1) is 6.57 Å². The second kappa shape index (κ2) is 36.5. The van der Waals surface area contributed by atoms with Gasteiger partial charge in [-0.3, -0.25) is 24.0 Å². The summed E-state index contributed by atoms with van der Waals surface area (Å²) in [6, 6.07) is 40.8. The number of amides is 3. The molecule has 0 saturated carbocycles. The van der Waals surface area contributed by atoms with Crippen molar-refractivity contribution < 1.29 is 85.0 Å². The van der Waals surface area contributed by atoms with Gasteiger partial charge in [-0.1, -0.05) is 127 Å². The first-order valence-corrected chi connectivity index (χ1v) is 33.8. The summed E-state index contributed by atoms with van der Waals surface area (Å²) in [7, 11) is -6.42. The first kappa shape index (κ1) is 75.9. The third-order valence-corrected chi connectivity index (χ3v) is 16.0. The van der Waals surface area contributed by atoms with Crippen LogP contribution < -0.4 is 44.3 Å². The Labute approximate surface area is 552 Å². The maximum atomic E-state index is 12.8. The standard InChI is InChI=1S/C22H29N3O4S.C20H21N3O4S.C20H22N2O5S.CH2O2.Al.Ni.2H/c1-25(2)15-16-9-10-18-19(11-12-29-21(18)13-16)23-22(26)14-20(24-30(3,27)28)17-7-5-4-6-8-17;1-21-15-8-9-16-17(10-11-27-19(16)12-15)22-20(24)13-18(23-28(2,25)26)14-6-4-3-5-7-14;1-28(25,26)22-18(15-5-3-2-4-6-15)12-20(24)21-17-9-10-27-19-11-14(13-23)7-8-16(17)19;2-1-3;;;;/h4-10,13,19-20,24H,11-12,14-15H2,1-3H3,(H,23,26);3-9,12,17-18,23H,10-11,13H2,2H3,(H,22,24);2-8,11,13,17-18,22H,9-10,12H2,1H3,(H,21,24);1H,(H,2,3);;;;. The average Bonchev–Trinajstić information content (AvgIpc) is 2.58. The fourth-order valence-electron chi connectivity index (χ4n) is 10.1. The van der Waals surface area contributed by atoms with Crippen LogP contribution in [0.25, 0.3) is 4.85 Å². The van der Waals surface area contributed by atoms with Crippen LogP contribution in [0.1, 0.15) is 124 Å². The number of carbonyl (C=O) groups is 5. The van der Waals surface area contributed by atoms with Gasteiger partial charge in [0.15, 0.2) is 5.69 Å². The normalized spacial score (nSPS) is 16.3. The van der Waals surface area contributed by atoms with Crippen molar-refractivity contribution in [3.8, 4) is 17.2 Å². The van der Waals surface area contributed by atoms with Crippen molar-refractivity contribution >= 4 is 83.6 Å². The second-order valence-electron chi connectivity index (χ2n) is 21.4. The Bertz CT molecular complexity index is 3780. The van der Waals surface area contributed by atoms with Crippen molar-refractivity contribution in [2.24, 2.45) is 0 Å². The summed E-state index contributed by atoms with van der Waals surface area (Å²) >= 11 is 0. The molecule has 489 valence electrons. The Morgan fingerprint density at radius 1 is 0.549 bits per heavy atom. The molecule has 23 nitrogen and oxygen atoms in total. The number of nitrogens with zero attached hydrogens (tertiary/aromatic N) is 2. The molecule has 0 saturated heterocycles. The maximum absolute atomic E-state index is 12.8. The number of hydrogen-bond acceptors (Lipinski definition) is 15. The van der Waals surface area contributed by atoms with Crippen LogP contribution in [-0.2, 0) is 72.3 Å². The fraction of sp³-hybridized carbons (Fsp3) is 0.333. The molecule has 3 heterocycles. The summed E-state index contributed by atoms with van der Waals surface area (Å²) in [5.74, 6) is 1.21. The van der Waals surface area contributed by atoms with Crippen LogP contribution in [0.5, 0.6) is 17.2 Å².